The number of benzene rings is 1. The lowest BCUT2D eigenvalue weighted by atomic mass is 10.1. The number of hydrogen-bond acceptors (Lipinski definition) is 6. The number of hydrogen-bond donors (Lipinski definition) is 1. The molecule has 1 aliphatic heterocycles. The minimum Gasteiger partial charge on any atom is -0.396 e. The van der Waals surface area contributed by atoms with E-state index in [4.69, 9.17) is 0 Å². The lowest BCUT2D eigenvalue weighted by molar-refractivity contribution is 0.289. The van der Waals surface area contributed by atoms with E-state index in [9.17, 15) is 14.7 Å². The zero-order valence-corrected chi connectivity index (χ0v) is 18.6. The van der Waals surface area contributed by atoms with Crippen molar-refractivity contribution in [1.29, 1.82) is 0 Å². The van der Waals surface area contributed by atoms with Crippen LogP contribution in [0, 0.1) is 13.8 Å². The Balaban J connectivity index is 1.96. The standard InChI is InChI=1S/C22H28N6O3/c1-13-7-8-14(2)17(11-13)12-26-20(30)18-19(25(5)22(26)31)23-21-27(9-6-10-29)24-15(3)16(4)28(18)21/h7-8,11,16,29H,6,9-10,12H2,1-5H3. The summed E-state index contributed by atoms with van der Waals surface area (Å²) < 4.78 is 4.57. The van der Waals surface area contributed by atoms with Crippen molar-refractivity contribution in [2.75, 3.05) is 18.2 Å². The number of aromatic nitrogens is 4. The molecular weight excluding hydrogens is 396 g/mol. The number of aliphatic hydroxyl groups is 1. The normalized spacial score (nSPS) is 16.0. The smallest absolute Gasteiger partial charge is 0.332 e. The van der Waals surface area contributed by atoms with E-state index in [0.717, 1.165) is 22.4 Å². The summed E-state index contributed by atoms with van der Waals surface area (Å²) in [6, 6.07) is 5.85. The van der Waals surface area contributed by atoms with Crippen molar-refractivity contribution in [2.45, 2.75) is 46.7 Å². The Morgan fingerprint density at radius 1 is 1.16 bits per heavy atom. The Morgan fingerprint density at radius 2 is 1.90 bits per heavy atom. The monoisotopic (exact) mass is 424 g/mol. The molecule has 2 aromatic heterocycles. The molecule has 31 heavy (non-hydrogen) atoms. The van der Waals surface area contributed by atoms with Crippen molar-refractivity contribution in [3.8, 4) is 0 Å². The number of aryl methyl sites for hydroxylation is 3. The first kappa shape index (κ1) is 21.0. The van der Waals surface area contributed by atoms with Crippen LogP contribution in [0.1, 0.15) is 43.0 Å². The van der Waals surface area contributed by atoms with E-state index in [2.05, 4.69) is 10.1 Å². The van der Waals surface area contributed by atoms with Gasteiger partial charge in [0.05, 0.1) is 18.3 Å². The molecule has 0 saturated carbocycles. The first-order valence-corrected chi connectivity index (χ1v) is 10.5. The number of fused-ring (bicyclic) bond motifs is 3. The number of aliphatic hydroxyl groups excluding tert-OH is 1. The average Bonchev–Trinajstić information content (AvgIpc) is 3.15. The Hall–Kier alpha value is -3.20. The molecule has 9 heteroatoms. The fourth-order valence-corrected chi connectivity index (χ4v) is 4.03. The molecule has 0 fully saturated rings. The number of anilines is 1. The molecule has 1 N–H and O–H groups in total. The maximum Gasteiger partial charge on any atom is 0.332 e. The highest BCUT2D eigenvalue weighted by Gasteiger charge is 2.30. The Morgan fingerprint density at radius 3 is 2.61 bits per heavy atom. The van der Waals surface area contributed by atoms with E-state index in [1.54, 1.807) is 12.1 Å². The molecule has 4 rings (SSSR count). The molecule has 1 aromatic carbocycles. The van der Waals surface area contributed by atoms with E-state index < -0.39 is 5.69 Å². The number of nitrogens with zero attached hydrogens (tertiary/aromatic N) is 6. The van der Waals surface area contributed by atoms with E-state index in [1.165, 1.54) is 9.13 Å². The van der Waals surface area contributed by atoms with Gasteiger partial charge in [-0.15, -0.1) is 0 Å². The van der Waals surface area contributed by atoms with Crippen molar-refractivity contribution >= 4 is 22.8 Å². The Bertz CT molecular complexity index is 1310. The zero-order valence-electron chi connectivity index (χ0n) is 18.6. The highest BCUT2D eigenvalue weighted by Crippen LogP contribution is 2.29. The van der Waals surface area contributed by atoms with Gasteiger partial charge >= 0.3 is 5.69 Å². The molecule has 0 bridgehead atoms. The van der Waals surface area contributed by atoms with Gasteiger partial charge in [-0.05, 0) is 45.2 Å². The van der Waals surface area contributed by atoms with E-state index in [-0.39, 0.29) is 24.8 Å². The van der Waals surface area contributed by atoms with Gasteiger partial charge in [0, 0.05) is 20.2 Å². The first-order valence-electron chi connectivity index (χ1n) is 10.5. The van der Waals surface area contributed by atoms with Crippen LogP contribution in [-0.2, 0) is 13.6 Å². The molecule has 0 saturated heterocycles. The van der Waals surface area contributed by atoms with Crippen LogP contribution in [0.25, 0.3) is 11.2 Å². The van der Waals surface area contributed by atoms with E-state index in [0.29, 0.717) is 30.1 Å². The van der Waals surface area contributed by atoms with Gasteiger partial charge in [-0.3, -0.25) is 18.5 Å². The van der Waals surface area contributed by atoms with Crippen LogP contribution in [0.15, 0.2) is 32.9 Å². The van der Waals surface area contributed by atoms with Gasteiger partial charge in [0.1, 0.15) is 0 Å². The van der Waals surface area contributed by atoms with Crippen molar-refractivity contribution in [3.63, 3.8) is 0 Å². The second-order valence-corrected chi connectivity index (χ2v) is 8.23. The highest BCUT2D eigenvalue weighted by atomic mass is 16.3. The molecule has 1 aliphatic rings. The number of rotatable bonds is 5. The molecule has 1 atom stereocenters. The predicted molar refractivity (Wildman–Crippen MR) is 121 cm³/mol. The van der Waals surface area contributed by atoms with Gasteiger partial charge in [0.2, 0.25) is 5.95 Å². The third-order valence-electron chi connectivity index (χ3n) is 6.02. The summed E-state index contributed by atoms with van der Waals surface area (Å²) in [5.41, 5.74) is 3.84. The fourth-order valence-electron chi connectivity index (χ4n) is 4.03. The molecule has 0 aliphatic carbocycles. The van der Waals surface area contributed by atoms with Crippen molar-refractivity contribution in [3.05, 3.63) is 55.7 Å². The third-order valence-corrected chi connectivity index (χ3v) is 6.02. The molecule has 164 valence electrons. The molecule has 0 spiro atoms. The second kappa shape index (κ2) is 7.81. The van der Waals surface area contributed by atoms with Crippen LogP contribution < -0.4 is 16.3 Å². The third kappa shape index (κ3) is 3.38. The van der Waals surface area contributed by atoms with Gasteiger partial charge in [-0.25, -0.2) is 9.80 Å². The first-order chi connectivity index (χ1) is 14.7. The summed E-state index contributed by atoms with van der Waals surface area (Å²) in [5.74, 6) is 0.512. The topological polar surface area (TPSA) is 97.7 Å². The minimum atomic E-state index is -0.402. The van der Waals surface area contributed by atoms with Crippen LogP contribution in [0.3, 0.4) is 0 Å². The Labute approximate surface area is 179 Å². The zero-order chi connectivity index (χ0) is 22.4. The predicted octanol–water partition coefficient (Wildman–Crippen LogP) is 1.70. The van der Waals surface area contributed by atoms with Crippen LogP contribution in [0.4, 0.5) is 5.95 Å². The van der Waals surface area contributed by atoms with Crippen LogP contribution in [-0.4, -0.2) is 42.7 Å². The summed E-state index contributed by atoms with van der Waals surface area (Å²) in [6.45, 7) is 8.53. The summed E-state index contributed by atoms with van der Waals surface area (Å²) in [4.78, 5) is 31.3. The minimum absolute atomic E-state index is 0.0297. The average molecular weight is 425 g/mol. The van der Waals surface area contributed by atoms with Crippen LogP contribution in [0.5, 0.6) is 0 Å². The summed E-state index contributed by atoms with van der Waals surface area (Å²) in [6.07, 6.45) is 0.518. The molecule has 0 amide bonds. The lowest BCUT2D eigenvalue weighted by Gasteiger charge is -2.29. The highest BCUT2D eigenvalue weighted by molar-refractivity contribution is 5.91. The molecule has 3 aromatic rings. The summed E-state index contributed by atoms with van der Waals surface area (Å²) in [5, 5.41) is 15.5. The number of imidazole rings is 1. The van der Waals surface area contributed by atoms with E-state index >= 15 is 0 Å². The number of hydrazone groups is 1. The van der Waals surface area contributed by atoms with E-state index in [1.807, 2.05) is 50.5 Å². The molecule has 9 nitrogen and oxygen atoms in total. The maximum atomic E-state index is 13.6. The van der Waals surface area contributed by atoms with Gasteiger partial charge in [-0.2, -0.15) is 10.1 Å². The van der Waals surface area contributed by atoms with Crippen molar-refractivity contribution in [1.82, 2.24) is 18.7 Å². The van der Waals surface area contributed by atoms with Gasteiger partial charge in [0.25, 0.3) is 5.56 Å². The fraction of sp³-hybridized carbons (Fsp3) is 0.455. The maximum absolute atomic E-state index is 13.6. The molecule has 1 unspecified atom stereocenters. The molecular formula is C22H28N6O3. The second-order valence-electron chi connectivity index (χ2n) is 8.23. The summed E-state index contributed by atoms with van der Waals surface area (Å²) in [7, 11) is 1.64. The van der Waals surface area contributed by atoms with Crippen molar-refractivity contribution in [2.24, 2.45) is 12.1 Å². The molecule has 0 radical (unpaired) electrons. The molecule has 3 heterocycles. The van der Waals surface area contributed by atoms with Gasteiger partial charge < -0.3 is 5.11 Å². The summed E-state index contributed by atoms with van der Waals surface area (Å²) >= 11 is 0. The van der Waals surface area contributed by atoms with Crippen LogP contribution in [0.2, 0.25) is 0 Å². The van der Waals surface area contributed by atoms with Crippen LogP contribution >= 0.6 is 0 Å². The Kier molecular flexibility index (Phi) is 5.30. The van der Waals surface area contributed by atoms with Crippen molar-refractivity contribution < 1.29 is 5.11 Å². The largest absolute Gasteiger partial charge is 0.396 e. The lowest BCUT2D eigenvalue weighted by Crippen LogP contribution is -2.40. The SMILES string of the molecule is CC1=NN(CCCO)c2nc3c(c(=O)n(Cc4cc(C)ccc4C)c(=O)n3C)n2C1C. The van der Waals surface area contributed by atoms with Gasteiger partial charge in [0.15, 0.2) is 11.2 Å². The quantitative estimate of drug-likeness (QED) is 0.672. The van der Waals surface area contributed by atoms with Gasteiger partial charge in [-0.1, -0.05) is 23.8 Å².